The quantitative estimate of drug-likeness (QED) is 0.670. The average molecular weight is 402 g/mol. The lowest BCUT2D eigenvalue weighted by Crippen LogP contribution is -2.42. The van der Waals surface area contributed by atoms with Crippen molar-refractivity contribution in [3.05, 3.63) is 53.6 Å². The molecule has 0 heterocycles. The third-order valence-corrected chi connectivity index (χ3v) is 5.22. The van der Waals surface area contributed by atoms with Gasteiger partial charge in [-0.3, -0.25) is 4.79 Å². The molecular weight excluding hydrogens is 385 g/mol. The van der Waals surface area contributed by atoms with Gasteiger partial charge in [-0.25, -0.2) is 8.42 Å². The fraction of sp³-hybridized carbons (Fsp3) is 0.235. The lowest BCUT2D eigenvalue weighted by Gasteiger charge is -2.17. The van der Waals surface area contributed by atoms with E-state index < -0.39 is 38.6 Å². The number of alkyl halides is 3. The largest absolute Gasteiger partial charge is 0.506 e. The number of aromatic hydroxyl groups is 1. The highest BCUT2D eigenvalue weighted by Gasteiger charge is 2.37. The van der Waals surface area contributed by atoms with Crippen molar-refractivity contribution < 1.29 is 31.5 Å². The molecule has 10 heteroatoms. The number of hydrogen-bond acceptors (Lipinski definition) is 4. The van der Waals surface area contributed by atoms with Crippen molar-refractivity contribution in [2.75, 3.05) is 5.32 Å². The summed E-state index contributed by atoms with van der Waals surface area (Å²) < 4.78 is 65.7. The molecule has 0 saturated heterocycles. The first kappa shape index (κ1) is 20.7. The Morgan fingerprint density at radius 3 is 2.37 bits per heavy atom. The maximum atomic E-state index is 13.0. The predicted molar refractivity (Wildman–Crippen MR) is 92.7 cm³/mol. The molecule has 2 aromatic rings. The zero-order chi connectivity index (χ0) is 20.4. The highest BCUT2D eigenvalue weighted by Crippen LogP contribution is 2.34. The highest BCUT2D eigenvalue weighted by molar-refractivity contribution is 7.89. The molecule has 0 fully saturated rings. The number of hydrogen-bond donors (Lipinski definition) is 3. The molecule has 1 atom stereocenters. The second-order valence-corrected chi connectivity index (χ2v) is 7.53. The zero-order valence-electron chi connectivity index (χ0n) is 14.3. The van der Waals surface area contributed by atoms with Gasteiger partial charge in [0.2, 0.25) is 15.9 Å². The maximum Gasteiger partial charge on any atom is 0.417 e. The van der Waals surface area contributed by atoms with Gasteiger partial charge in [0.05, 0.1) is 22.2 Å². The first-order chi connectivity index (χ1) is 12.4. The first-order valence-corrected chi connectivity index (χ1v) is 9.19. The number of rotatable bonds is 5. The highest BCUT2D eigenvalue weighted by atomic mass is 32.2. The standard InChI is InChI=1S/C17H17F3N2O4S/c1-10-7-8-13(14(23)9-10)21-16(24)11(2)22-27(25,26)15-6-4-3-5-12(15)17(18,19)20/h3-9,11,22-23H,1-2H3,(H,21,24)/t11-/m0/s1. The van der Waals surface area contributed by atoms with Crippen LogP contribution in [0.15, 0.2) is 47.4 Å². The first-order valence-electron chi connectivity index (χ1n) is 7.71. The Kier molecular flexibility index (Phi) is 5.81. The summed E-state index contributed by atoms with van der Waals surface area (Å²) in [6, 6.07) is 6.70. The summed E-state index contributed by atoms with van der Waals surface area (Å²) in [4.78, 5) is 11.2. The molecule has 27 heavy (non-hydrogen) atoms. The number of sulfonamides is 1. The monoisotopic (exact) mass is 402 g/mol. The second-order valence-electron chi connectivity index (χ2n) is 5.85. The average Bonchev–Trinajstić information content (AvgIpc) is 2.56. The fourth-order valence-electron chi connectivity index (χ4n) is 2.27. The Hall–Kier alpha value is -2.59. The fourth-order valence-corrected chi connectivity index (χ4v) is 3.70. The number of phenols is 1. The van der Waals surface area contributed by atoms with E-state index in [1.807, 2.05) is 4.72 Å². The number of carbonyl (C=O) groups excluding carboxylic acids is 1. The molecule has 0 aliphatic carbocycles. The second kappa shape index (κ2) is 7.57. The number of phenolic OH excluding ortho intramolecular Hbond substituents is 1. The van der Waals surface area contributed by atoms with Crippen molar-refractivity contribution in [3.63, 3.8) is 0 Å². The van der Waals surface area contributed by atoms with Crippen molar-refractivity contribution in [1.29, 1.82) is 0 Å². The van der Waals surface area contributed by atoms with Crippen LogP contribution in [-0.2, 0) is 21.0 Å². The van der Waals surface area contributed by atoms with E-state index >= 15 is 0 Å². The molecule has 2 aromatic carbocycles. The number of carbonyl (C=O) groups is 1. The molecule has 2 rings (SSSR count). The summed E-state index contributed by atoms with van der Waals surface area (Å²) in [5.41, 5.74) is -0.545. The van der Waals surface area contributed by atoms with E-state index in [4.69, 9.17) is 0 Å². The lowest BCUT2D eigenvalue weighted by atomic mass is 10.2. The van der Waals surface area contributed by atoms with Gasteiger partial charge in [0.15, 0.2) is 0 Å². The van der Waals surface area contributed by atoms with Crippen molar-refractivity contribution in [3.8, 4) is 5.75 Å². The van der Waals surface area contributed by atoms with Crippen LogP contribution >= 0.6 is 0 Å². The smallest absolute Gasteiger partial charge is 0.417 e. The number of nitrogens with one attached hydrogen (secondary N) is 2. The molecule has 0 bridgehead atoms. The summed E-state index contributed by atoms with van der Waals surface area (Å²) in [5, 5.41) is 12.1. The van der Waals surface area contributed by atoms with Crippen LogP contribution in [0.3, 0.4) is 0 Å². The van der Waals surface area contributed by atoms with Gasteiger partial charge in [-0.15, -0.1) is 0 Å². The number of halogens is 3. The van der Waals surface area contributed by atoms with Crippen LogP contribution in [0.5, 0.6) is 5.75 Å². The Balaban J connectivity index is 2.21. The Morgan fingerprint density at radius 2 is 1.78 bits per heavy atom. The van der Waals surface area contributed by atoms with Gasteiger partial charge in [-0.2, -0.15) is 17.9 Å². The molecular formula is C17H17F3N2O4S. The van der Waals surface area contributed by atoms with Crippen molar-refractivity contribution >= 4 is 21.6 Å². The summed E-state index contributed by atoms with van der Waals surface area (Å²) in [7, 11) is -4.62. The molecule has 0 radical (unpaired) electrons. The molecule has 146 valence electrons. The zero-order valence-corrected chi connectivity index (χ0v) is 15.1. The van der Waals surface area contributed by atoms with Crippen molar-refractivity contribution in [1.82, 2.24) is 4.72 Å². The predicted octanol–water partition coefficient (Wildman–Crippen LogP) is 3.02. The van der Waals surface area contributed by atoms with Gasteiger partial charge in [-0.1, -0.05) is 18.2 Å². The minimum Gasteiger partial charge on any atom is -0.506 e. The van der Waals surface area contributed by atoms with Crippen LogP contribution < -0.4 is 10.0 Å². The van der Waals surface area contributed by atoms with Gasteiger partial charge in [0.1, 0.15) is 5.75 Å². The van der Waals surface area contributed by atoms with Gasteiger partial charge >= 0.3 is 6.18 Å². The van der Waals surface area contributed by atoms with Crippen LogP contribution in [0, 0.1) is 6.92 Å². The Bertz CT molecular complexity index is 959. The van der Waals surface area contributed by atoms with E-state index in [9.17, 15) is 31.5 Å². The number of aryl methyl sites for hydroxylation is 1. The van der Waals surface area contributed by atoms with Crippen LogP contribution in [0.2, 0.25) is 0 Å². The number of amides is 1. The van der Waals surface area contributed by atoms with Gasteiger partial charge in [-0.05, 0) is 43.7 Å². The molecule has 0 aliphatic heterocycles. The molecule has 0 aromatic heterocycles. The Labute approximate surface area is 154 Å². The van der Waals surface area contributed by atoms with Crippen LogP contribution in [0.25, 0.3) is 0 Å². The Morgan fingerprint density at radius 1 is 1.15 bits per heavy atom. The molecule has 0 unspecified atom stereocenters. The van der Waals surface area contributed by atoms with Crippen molar-refractivity contribution in [2.24, 2.45) is 0 Å². The normalized spacial score (nSPS) is 13.2. The third kappa shape index (κ3) is 4.98. The van der Waals surface area contributed by atoms with E-state index in [0.717, 1.165) is 23.8 Å². The molecule has 0 saturated carbocycles. The maximum absolute atomic E-state index is 13.0. The molecule has 0 aliphatic rings. The van der Waals surface area contributed by atoms with Gasteiger partial charge < -0.3 is 10.4 Å². The minimum atomic E-state index is -4.87. The molecule has 0 spiro atoms. The summed E-state index contributed by atoms with van der Waals surface area (Å²) in [6.45, 7) is 2.90. The summed E-state index contributed by atoms with van der Waals surface area (Å²) in [5.74, 6) is -1.07. The minimum absolute atomic E-state index is 0.0485. The summed E-state index contributed by atoms with van der Waals surface area (Å²) in [6.07, 6.45) is -4.87. The number of benzene rings is 2. The van der Waals surface area contributed by atoms with E-state index in [-0.39, 0.29) is 11.4 Å². The van der Waals surface area contributed by atoms with E-state index in [2.05, 4.69) is 5.32 Å². The SMILES string of the molecule is Cc1ccc(NC(=O)[C@H](C)NS(=O)(=O)c2ccccc2C(F)(F)F)c(O)c1. The van der Waals surface area contributed by atoms with E-state index in [1.165, 1.54) is 19.1 Å². The van der Waals surface area contributed by atoms with Gasteiger partial charge in [0, 0.05) is 0 Å². The topological polar surface area (TPSA) is 95.5 Å². The molecule has 1 amide bonds. The molecule has 6 nitrogen and oxygen atoms in total. The van der Waals surface area contributed by atoms with Crippen molar-refractivity contribution in [2.45, 2.75) is 31.0 Å². The van der Waals surface area contributed by atoms with Gasteiger partial charge in [0.25, 0.3) is 0 Å². The van der Waals surface area contributed by atoms with E-state index in [0.29, 0.717) is 6.07 Å². The lowest BCUT2D eigenvalue weighted by molar-refractivity contribution is -0.139. The summed E-state index contributed by atoms with van der Waals surface area (Å²) >= 11 is 0. The van der Waals surface area contributed by atoms with E-state index in [1.54, 1.807) is 13.0 Å². The van der Waals surface area contributed by atoms with Crippen LogP contribution in [-0.4, -0.2) is 25.5 Å². The van der Waals surface area contributed by atoms with Crippen LogP contribution in [0.4, 0.5) is 18.9 Å². The van der Waals surface area contributed by atoms with Crippen LogP contribution in [0.1, 0.15) is 18.1 Å². The molecule has 3 N–H and O–H groups in total. The number of anilines is 1. The third-order valence-electron chi connectivity index (χ3n) is 3.62.